The van der Waals surface area contributed by atoms with Gasteiger partial charge in [-0.15, -0.1) is 0 Å². The quantitative estimate of drug-likeness (QED) is 0.675. The standard InChI is InChI=1S/C22H23ClN4O/c1-16(14-17-6-8-18(23)9-7-17)22(28)27-12-10-26(11-13-27)21-19-4-2-3-5-20(19)24-15-25-21/h2-9,15-16H,10-14H2,1H3. The van der Waals surface area contributed by atoms with Gasteiger partial charge in [-0.2, -0.15) is 0 Å². The van der Waals surface area contributed by atoms with Crippen LogP contribution in [-0.2, 0) is 11.2 Å². The Hall–Kier alpha value is -2.66. The van der Waals surface area contributed by atoms with Gasteiger partial charge in [0.15, 0.2) is 0 Å². The first-order chi connectivity index (χ1) is 13.6. The van der Waals surface area contributed by atoms with Crippen LogP contribution < -0.4 is 4.90 Å². The maximum atomic E-state index is 12.9. The SMILES string of the molecule is CC(Cc1ccc(Cl)cc1)C(=O)N1CCN(c2ncnc3ccccc23)CC1. The first kappa shape index (κ1) is 18.7. The van der Waals surface area contributed by atoms with Crippen molar-refractivity contribution in [3.63, 3.8) is 0 Å². The van der Waals surface area contributed by atoms with Crippen LogP contribution >= 0.6 is 11.6 Å². The molecule has 28 heavy (non-hydrogen) atoms. The van der Waals surface area contributed by atoms with Crippen LogP contribution in [0.1, 0.15) is 12.5 Å². The van der Waals surface area contributed by atoms with Gasteiger partial charge in [0.2, 0.25) is 5.91 Å². The summed E-state index contributed by atoms with van der Waals surface area (Å²) in [6.45, 7) is 4.98. The summed E-state index contributed by atoms with van der Waals surface area (Å²) < 4.78 is 0. The highest BCUT2D eigenvalue weighted by Gasteiger charge is 2.26. The molecule has 1 atom stereocenters. The van der Waals surface area contributed by atoms with E-state index in [2.05, 4.69) is 20.9 Å². The van der Waals surface area contributed by atoms with Crippen molar-refractivity contribution in [2.24, 2.45) is 5.92 Å². The number of para-hydroxylation sites is 1. The third kappa shape index (κ3) is 3.94. The molecular formula is C22H23ClN4O. The molecule has 5 nitrogen and oxygen atoms in total. The van der Waals surface area contributed by atoms with E-state index in [0.717, 1.165) is 46.8 Å². The number of hydrogen-bond acceptors (Lipinski definition) is 4. The molecular weight excluding hydrogens is 372 g/mol. The lowest BCUT2D eigenvalue weighted by Gasteiger charge is -2.37. The van der Waals surface area contributed by atoms with E-state index in [1.165, 1.54) is 0 Å². The first-order valence-electron chi connectivity index (χ1n) is 9.60. The fourth-order valence-electron chi connectivity index (χ4n) is 3.75. The van der Waals surface area contributed by atoms with Crippen molar-refractivity contribution >= 4 is 34.2 Å². The molecule has 1 amide bonds. The summed E-state index contributed by atoms with van der Waals surface area (Å²) in [6, 6.07) is 15.8. The van der Waals surface area contributed by atoms with Gasteiger partial charge in [-0.3, -0.25) is 4.79 Å². The summed E-state index contributed by atoms with van der Waals surface area (Å²) in [4.78, 5) is 25.9. The lowest BCUT2D eigenvalue weighted by Crippen LogP contribution is -2.50. The number of anilines is 1. The minimum atomic E-state index is -0.0485. The topological polar surface area (TPSA) is 49.3 Å². The Bertz CT molecular complexity index is 962. The zero-order valence-corrected chi connectivity index (χ0v) is 16.6. The zero-order valence-electron chi connectivity index (χ0n) is 15.9. The van der Waals surface area contributed by atoms with Crippen molar-refractivity contribution in [1.82, 2.24) is 14.9 Å². The van der Waals surface area contributed by atoms with Gasteiger partial charge < -0.3 is 9.80 Å². The normalized spacial score (nSPS) is 15.6. The molecule has 0 N–H and O–H groups in total. The summed E-state index contributed by atoms with van der Waals surface area (Å²) in [5.41, 5.74) is 2.08. The van der Waals surface area contributed by atoms with E-state index in [1.54, 1.807) is 6.33 Å². The largest absolute Gasteiger partial charge is 0.352 e. The number of nitrogens with zero attached hydrogens (tertiary/aromatic N) is 4. The first-order valence-corrected chi connectivity index (χ1v) is 9.97. The van der Waals surface area contributed by atoms with E-state index >= 15 is 0 Å². The Balaban J connectivity index is 1.39. The van der Waals surface area contributed by atoms with E-state index < -0.39 is 0 Å². The van der Waals surface area contributed by atoms with Gasteiger partial charge in [-0.1, -0.05) is 42.8 Å². The summed E-state index contributed by atoms with van der Waals surface area (Å²) in [5, 5.41) is 1.77. The molecule has 0 aliphatic carbocycles. The van der Waals surface area contributed by atoms with Gasteiger partial charge in [0.25, 0.3) is 0 Å². The van der Waals surface area contributed by atoms with Gasteiger partial charge in [0.05, 0.1) is 5.52 Å². The lowest BCUT2D eigenvalue weighted by molar-refractivity contribution is -0.135. The average Bonchev–Trinajstić information content (AvgIpc) is 2.74. The molecule has 0 saturated carbocycles. The molecule has 1 unspecified atom stereocenters. The third-order valence-electron chi connectivity index (χ3n) is 5.29. The molecule has 3 aromatic rings. The summed E-state index contributed by atoms with van der Waals surface area (Å²) >= 11 is 5.94. The molecule has 1 aliphatic rings. The molecule has 1 fully saturated rings. The third-order valence-corrected chi connectivity index (χ3v) is 5.54. The number of amides is 1. The van der Waals surface area contributed by atoms with Crippen molar-refractivity contribution in [2.45, 2.75) is 13.3 Å². The average molecular weight is 395 g/mol. The highest BCUT2D eigenvalue weighted by molar-refractivity contribution is 6.30. The van der Waals surface area contributed by atoms with E-state index in [0.29, 0.717) is 13.1 Å². The Morgan fingerprint density at radius 2 is 1.75 bits per heavy atom. The Kier molecular flexibility index (Phi) is 5.44. The van der Waals surface area contributed by atoms with Crippen molar-refractivity contribution in [3.8, 4) is 0 Å². The Morgan fingerprint density at radius 1 is 1.04 bits per heavy atom. The number of halogens is 1. The number of hydrogen-bond donors (Lipinski definition) is 0. The fraction of sp³-hybridized carbons (Fsp3) is 0.318. The predicted molar refractivity (Wildman–Crippen MR) is 113 cm³/mol. The maximum Gasteiger partial charge on any atom is 0.225 e. The number of aromatic nitrogens is 2. The van der Waals surface area contributed by atoms with Gasteiger partial charge >= 0.3 is 0 Å². The van der Waals surface area contributed by atoms with E-state index in [-0.39, 0.29) is 11.8 Å². The van der Waals surface area contributed by atoms with Crippen LogP contribution in [0.5, 0.6) is 0 Å². The monoisotopic (exact) mass is 394 g/mol. The Morgan fingerprint density at radius 3 is 2.50 bits per heavy atom. The molecule has 2 heterocycles. The van der Waals surface area contributed by atoms with Gasteiger partial charge in [-0.25, -0.2) is 9.97 Å². The zero-order chi connectivity index (χ0) is 19.5. The molecule has 0 radical (unpaired) electrons. The molecule has 4 rings (SSSR count). The van der Waals surface area contributed by atoms with E-state index in [1.807, 2.05) is 54.3 Å². The smallest absolute Gasteiger partial charge is 0.225 e. The molecule has 2 aromatic carbocycles. The second kappa shape index (κ2) is 8.15. The fourth-order valence-corrected chi connectivity index (χ4v) is 3.88. The second-order valence-electron chi connectivity index (χ2n) is 7.26. The number of fused-ring (bicyclic) bond motifs is 1. The molecule has 1 aromatic heterocycles. The Labute approximate surface area is 170 Å². The number of benzene rings is 2. The van der Waals surface area contributed by atoms with Crippen LogP contribution in [0.3, 0.4) is 0 Å². The molecule has 1 aliphatic heterocycles. The maximum absolute atomic E-state index is 12.9. The van der Waals surface area contributed by atoms with Crippen molar-refractivity contribution < 1.29 is 4.79 Å². The van der Waals surface area contributed by atoms with E-state index in [9.17, 15) is 4.79 Å². The van der Waals surface area contributed by atoms with Gasteiger partial charge in [0, 0.05) is 42.5 Å². The van der Waals surface area contributed by atoms with Crippen molar-refractivity contribution in [2.75, 3.05) is 31.1 Å². The van der Waals surface area contributed by atoms with Gasteiger partial charge in [-0.05, 0) is 36.2 Å². The molecule has 144 valence electrons. The molecule has 0 bridgehead atoms. The van der Waals surface area contributed by atoms with Crippen LogP contribution in [0.15, 0.2) is 54.9 Å². The highest BCUT2D eigenvalue weighted by Crippen LogP contribution is 2.24. The highest BCUT2D eigenvalue weighted by atomic mass is 35.5. The predicted octanol–water partition coefficient (Wildman–Crippen LogP) is 3.81. The number of carbonyl (C=O) groups is 1. The minimum absolute atomic E-state index is 0.0485. The lowest BCUT2D eigenvalue weighted by atomic mass is 9.99. The molecule has 6 heteroatoms. The number of carbonyl (C=O) groups excluding carboxylic acids is 1. The summed E-state index contributed by atoms with van der Waals surface area (Å²) in [7, 11) is 0. The minimum Gasteiger partial charge on any atom is -0.352 e. The van der Waals surface area contributed by atoms with Crippen LogP contribution in [0.2, 0.25) is 5.02 Å². The van der Waals surface area contributed by atoms with E-state index in [4.69, 9.17) is 11.6 Å². The van der Waals surface area contributed by atoms with Crippen LogP contribution in [0.25, 0.3) is 10.9 Å². The summed E-state index contributed by atoms with van der Waals surface area (Å²) in [6.07, 6.45) is 2.34. The van der Waals surface area contributed by atoms with Crippen molar-refractivity contribution in [1.29, 1.82) is 0 Å². The summed E-state index contributed by atoms with van der Waals surface area (Å²) in [5.74, 6) is 1.11. The van der Waals surface area contributed by atoms with Crippen LogP contribution in [0, 0.1) is 5.92 Å². The molecule has 1 saturated heterocycles. The number of piperazine rings is 1. The second-order valence-corrected chi connectivity index (χ2v) is 7.69. The van der Waals surface area contributed by atoms with Crippen LogP contribution in [0.4, 0.5) is 5.82 Å². The van der Waals surface area contributed by atoms with Crippen LogP contribution in [-0.4, -0.2) is 47.0 Å². The number of rotatable bonds is 4. The molecule has 0 spiro atoms. The van der Waals surface area contributed by atoms with Gasteiger partial charge in [0.1, 0.15) is 12.1 Å². The van der Waals surface area contributed by atoms with Crippen molar-refractivity contribution in [3.05, 3.63) is 65.4 Å².